The lowest BCUT2D eigenvalue weighted by Gasteiger charge is -1.96. The highest BCUT2D eigenvalue weighted by Gasteiger charge is 2.07. The predicted octanol–water partition coefficient (Wildman–Crippen LogP) is 2.64. The molecule has 4 heteroatoms. The quantitative estimate of drug-likeness (QED) is 0.691. The van der Waals surface area contributed by atoms with Crippen molar-refractivity contribution in [3.05, 3.63) is 41.9 Å². The molecule has 0 bridgehead atoms. The van der Waals surface area contributed by atoms with Crippen molar-refractivity contribution in [1.29, 1.82) is 0 Å². The molecule has 0 saturated carbocycles. The molecule has 0 aliphatic heterocycles. The van der Waals surface area contributed by atoms with E-state index in [1.807, 2.05) is 26.1 Å². The average molecular weight is 224 g/mol. The van der Waals surface area contributed by atoms with Gasteiger partial charge in [-0.1, -0.05) is 0 Å². The van der Waals surface area contributed by atoms with E-state index >= 15 is 0 Å². The zero-order valence-electron chi connectivity index (χ0n) is 9.73. The lowest BCUT2D eigenvalue weighted by Crippen LogP contribution is -1.84. The minimum absolute atomic E-state index is 0.751. The van der Waals surface area contributed by atoms with Crippen molar-refractivity contribution >= 4 is 11.2 Å². The Labute approximate surface area is 98.8 Å². The van der Waals surface area contributed by atoms with Gasteiger partial charge in [0.05, 0.1) is 5.52 Å². The second-order valence-corrected chi connectivity index (χ2v) is 4.16. The maximum absolute atomic E-state index is 4.48. The van der Waals surface area contributed by atoms with Gasteiger partial charge in [-0.05, 0) is 37.1 Å². The van der Waals surface area contributed by atoms with E-state index in [0.717, 1.165) is 33.7 Å². The van der Waals surface area contributed by atoms with Crippen LogP contribution in [0.25, 0.3) is 22.6 Å². The van der Waals surface area contributed by atoms with Gasteiger partial charge in [0.1, 0.15) is 5.82 Å². The summed E-state index contributed by atoms with van der Waals surface area (Å²) in [5, 5.41) is 0. The Morgan fingerprint density at radius 2 is 2.06 bits per heavy atom. The van der Waals surface area contributed by atoms with Crippen LogP contribution in [0.15, 0.2) is 30.7 Å². The molecule has 1 N–H and O–H groups in total. The van der Waals surface area contributed by atoms with Crippen LogP contribution < -0.4 is 0 Å². The van der Waals surface area contributed by atoms with E-state index in [0.29, 0.717) is 0 Å². The number of nitrogens with zero attached hydrogens (tertiary/aromatic N) is 3. The Morgan fingerprint density at radius 3 is 2.82 bits per heavy atom. The Bertz CT molecular complexity index is 685. The first-order valence-corrected chi connectivity index (χ1v) is 5.47. The number of aromatic amines is 1. The SMILES string of the molecule is Cc1cncc(-c2nc3nccc(C)c3[nH]2)c1. The molecule has 0 radical (unpaired) electrons. The van der Waals surface area contributed by atoms with Crippen molar-refractivity contribution < 1.29 is 0 Å². The van der Waals surface area contributed by atoms with E-state index in [9.17, 15) is 0 Å². The third-order valence-corrected chi connectivity index (χ3v) is 2.75. The van der Waals surface area contributed by atoms with Gasteiger partial charge < -0.3 is 4.98 Å². The largest absolute Gasteiger partial charge is 0.336 e. The summed E-state index contributed by atoms with van der Waals surface area (Å²) < 4.78 is 0. The summed E-state index contributed by atoms with van der Waals surface area (Å²) in [6, 6.07) is 4.03. The van der Waals surface area contributed by atoms with E-state index in [1.54, 1.807) is 12.4 Å². The van der Waals surface area contributed by atoms with Gasteiger partial charge in [-0.15, -0.1) is 0 Å². The molecule has 0 fully saturated rings. The number of H-pyrrole nitrogens is 1. The highest BCUT2D eigenvalue weighted by molar-refractivity contribution is 5.78. The Hall–Kier alpha value is -2.23. The Morgan fingerprint density at radius 1 is 1.18 bits per heavy atom. The molecule has 3 heterocycles. The third-order valence-electron chi connectivity index (χ3n) is 2.75. The molecular formula is C13H12N4. The number of pyridine rings is 2. The predicted molar refractivity (Wildman–Crippen MR) is 66.6 cm³/mol. The zero-order valence-corrected chi connectivity index (χ0v) is 9.73. The molecule has 0 spiro atoms. The van der Waals surface area contributed by atoms with Gasteiger partial charge in [-0.25, -0.2) is 9.97 Å². The van der Waals surface area contributed by atoms with Crippen molar-refractivity contribution in [2.45, 2.75) is 13.8 Å². The molecule has 0 aromatic carbocycles. The molecule has 0 amide bonds. The van der Waals surface area contributed by atoms with Crippen LogP contribution in [0.1, 0.15) is 11.1 Å². The number of aromatic nitrogens is 4. The normalized spacial score (nSPS) is 10.9. The molecule has 0 aliphatic rings. The fourth-order valence-electron chi connectivity index (χ4n) is 1.86. The molecule has 0 atom stereocenters. The van der Waals surface area contributed by atoms with E-state index in [1.165, 1.54) is 0 Å². The van der Waals surface area contributed by atoms with Crippen LogP contribution in [0.4, 0.5) is 0 Å². The topological polar surface area (TPSA) is 54.5 Å². The van der Waals surface area contributed by atoms with E-state index < -0.39 is 0 Å². The van der Waals surface area contributed by atoms with Crippen LogP contribution in [0, 0.1) is 13.8 Å². The molecule has 84 valence electrons. The van der Waals surface area contributed by atoms with Crippen LogP contribution >= 0.6 is 0 Å². The molecule has 3 aromatic rings. The maximum atomic E-state index is 4.48. The van der Waals surface area contributed by atoms with E-state index in [-0.39, 0.29) is 0 Å². The van der Waals surface area contributed by atoms with Gasteiger partial charge in [0, 0.05) is 24.2 Å². The van der Waals surface area contributed by atoms with Crippen molar-refractivity contribution in [2.75, 3.05) is 0 Å². The Kier molecular flexibility index (Phi) is 2.14. The van der Waals surface area contributed by atoms with Crippen LogP contribution in [0.3, 0.4) is 0 Å². The number of imidazole rings is 1. The first kappa shape index (κ1) is 9.96. The third kappa shape index (κ3) is 1.67. The van der Waals surface area contributed by atoms with Gasteiger partial charge in [0.25, 0.3) is 0 Å². The number of aryl methyl sites for hydroxylation is 2. The molecule has 0 unspecified atom stereocenters. The van der Waals surface area contributed by atoms with E-state index in [2.05, 4.69) is 26.0 Å². The first-order chi connectivity index (χ1) is 8.24. The number of rotatable bonds is 1. The lowest BCUT2D eigenvalue weighted by molar-refractivity contribution is 1.23. The minimum Gasteiger partial charge on any atom is -0.336 e. The number of hydrogen-bond acceptors (Lipinski definition) is 3. The molecular weight excluding hydrogens is 212 g/mol. The second-order valence-electron chi connectivity index (χ2n) is 4.16. The van der Waals surface area contributed by atoms with Gasteiger partial charge in [0.15, 0.2) is 5.65 Å². The highest BCUT2D eigenvalue weighted by Crippen LogP contribution is 2.20. The van der Waals surface area contributed by atoms with Crippen LogP contribution in [0.5, 0.6) is 0 Å². The standard InChI is InChI=1S/C13H12N4/c1-8-5-10(7-14-6-8)12-16-11-9(2)3-4-15-13(11)17-12/h3-7H,1-2H3,(H,15,16,17). The zero-order chi connectivity index (χ0) is 11.8. The monoisotopic (exact) mass is 224 g/mol. The molecule has 3 rings (SSSR count). The average Bonchev–Trinajstić information content (AvgIpc) is 2.74. The van der Waals surface area contributed by atoms with Crippen molar-refractivity contribution in [3.63, 3.8) is 0 Å². The van der Waals surface area contributed by atoms with Gasteiger partial charge in [-0.2, -0.15) is 0 Å². The smallest absolute Gasteiger partial charge is 0.178 e. The summed E-state index contributed by atoms with van der Waals surface area (Å²) in [7, 11) is 0. The summed E-state index contributed by atoms with van der Waals surface area (Å²) in [4.78, 5) is 16.2. The van der Waals surface area contributed by atoms with Crippen molar-refractivity contribution in [2.24, 2.45) is 0 Å². The number of hydrogen-bond donors (Lipinski definition) is 1. The number of nitrogens with one attached hydrogen (secondary N) is 1. The Balaban J connectivity index is 2.22. The maximum Gasteiger partial charge on any atom is 0.178 e. The summed E-state index contributed by atoms with van der Waals surface area (Å²) in [6.07, 6.45) is 5.41. The van der Waals surface area contributed by atoms with Crippen molar-refractivity contribution in [1.82, 2.24) is 19.9 Å². The van der Waals surface area contributed by atoms with Crippen molar-refractivity contribution in [3.8, 4) is 11.4 Å². The molecule has 0 saturated heterocycles. The van der Waals surface area contributed by atoms with Gasteiger partial charge in [0.2, 0.25) is 0 Å². The fourth-order valence-corrected chi connectivity index (χ4v) is 1.86. The molecule has 3 aromatic heterocycles. The van der Waals surface area contributed by atoms with Gasteiger partial charge in [-0.3, -0.25) is 4.98 Å². The van der Waals surface area contributed by atoms with Crippen LogP contribution in [0.2, 0.25) is 0 Å². The molecule has 4 nitrogen and oxygen atoms in total. The summed E-state index contributed by atoms with van der Waals surface area (Å²) in [5.74, 6) is 0.818. The molecule has 0 aliphatic carbocycles. The second kappa shape index (κ2) is 3.66. The highest BCUT2D eigenvalue weighted by atomic mass is 15.0. The fraction of sp³-hybridized carbons (Fsp3) is 0.154. The number of fused-ring (bicyclic) bond motifs is 1. The van der Waals surface area contributed by atoms with Gasteiger partial charge >= 0.3 is 0 Å². The lowest BCUT2D eigenvalue weighted by atomic mass is 10.2. The summed E-state index contributed by atoms with van der Waals surface area (Å²) >= 11 is 0. The summed E-state index contributed by atoms with van der Waals surface area (Å²) in [5.41, 5.74) is 5.00. The first-order valence-electron chi connectivity index (χ1n) is 5.47. The summed E-state index contributed by atoms with van der Waals surface area (Å²) in [6.45, 7) is 4.06. The van der Waals surface area contributed by atoms with E-state index in [4.69, 9.17) is 0 Å². The minimum atomic E-state index is 0.751. The van der Waals surface area contributed by atoms with Crippen LogP contribution in [-0.4, -0.2) is 19.9 Å². The molecule has 17 heavy (non-hydrogen) atoms. The van der Waals surface area contributed by atoms with Crippen LogP contribution in [-0.2, 0) is 0 Å².